The van der Waals surface area contributed by atoms with Crippen LogP contribution in [0, 0.1) is 12.7 Å². The Bertz CT molecular complexity index is 697. The normalized spacial score (nSPS) is 10.7. The molecule has 0 bridgehead atoms. The van der Waals surface area contributed by atoms with Crippen LogP contribution in [0.3, 0.4) is 0 Å². The number of isocyanates is 1. The summed E-state index contributed by atoms with van der Waals surface area (Å²) in [5, 5.41) is 4.25. The topological polar surface area (TPSA) is 47.2 Å². The maximum atomic E-state index is 13.9. The van der Waals surface area contributed by atoms with Gasteiger partial charge in [0.25, 0.3) is 0 Å². The van der Waals surface area contributed by atoms with Crippen molar-refractivity contribution in [3.8, 4) is 11.3 Å². The molecule has 0 atom stereocenters. The number of carbonyl (C=O) groups excluding carboxylic acids is 1. The molecule has 2 rings (SSSR count). The molecule has 0 spiro atoms. The van der Waals surface area contributed by atoms with E-state index < -0.39 is 0 Å². The fraction of sp³-hybridized carbons (Fsp3) is 0.333. The summed E-state index contributed by atoms with van der Waals surface area (Å²) in [4.78, 5) is 14.5. The van der Waals surface area contributed by atoms with E-state index in [-0.39, 0.29) is 11.7 Å². The highest BCUT2D eigenvalue weighted by Crippen LogP contribution is 2.37. The van der Waals surface area contributed by atoms with Gasteiger partial charge in [-0.3, -0.25) is 4.68 Å². The van der Waals surface area contributed by atoms with Gasteiger partial charge in [0.15, 0.2) is 0 Å². The molecule has 0 aliphatic rings. The minimum atomic E-state index is -0.354. The lowest BCUT2D eigenvalue weighted by Crippen LogP contribution is -1.98. The molecule has 0 fully saturated rings. The van der Waals surface area contributed by atoms with Crippen molar-refractivity contribution in [3.63, 3.8) is 0 Å². The van der Waals surface area contributed by atoms with Crippen LogP contribution in [-0.2, 0) is 11.8 Å². The first-order valence-corrected chi connectivity index (χ1v) is 6.36. The molecule has 1 aromatic carbocycles. The number of rotatable bonds is 3. The number of benzene rings is 1. The van der Waals surface area contributed by atoms with E-state index in [1.165, 1.54) is 12.1 Å². The molecule has 0 amide bonds. The van der Waals surface area contributed by atoms with Crippen molar-refractivity contribution in [3.05, 3.63) is 35.3 Å². The van der Waals surface area contributed by atoms with Gasteiger partial charge in [-0.25, -0.2) is 9.18 Å². The molecule has 0 N–H and O–H groups in total. The zero-order valence-corrected chi connectivity index (χ0v) is 11.9. The second-order valence-corrected chi connectivity index (χ2v) is 5.04. The molecule has 5 heteroatoms. The van der Waals surface area contributed by atoms with Crippen LogP contribution in [0.15, 0.2) is 23.2 Å². The Labute approximate surface area is 117 Å². The SMILES string of the molecule is Cc1cc(-c2cc(F)cc(C(C)C)c2N=C=O)n(C)n1. The summed E-state index contributed by atoms with van der Waals surface area (Å²) in [5.74, 6) is -0.307. The van der Waals surface area contributed by atoms with Crippen molar-refractivity contribution in [1.29, 1.82) is 0 Å². The highest BCUT2D eigenvalue weighted by atomic mass is 19.1. The number of nitrogens with zero attached hydrogens (tertiary/aromatic N) is 3. The first-order valence-electron chi connectivity index (χ1n) is 6.36. The predicted molar refractivity (Wildman–Crippen MR) is 75.2 cm³/mol. The molecule has 0 unspecified atom stereocenters. The molecular formula is C15H16FN3O. The molecule has 4 nitrogen and oxygen atoms in total. The zero-order valence-electron chi connectivity index (χ0n) is 11.9. The zero-order chi connectivity index (χ0) is 14.9. The van der Waals surface area contributed by atoms with Crippen molar-refractivity contribution in [2.45, 2.75) is 26.7 Å². The Hall–Kier alpha value is -2.26. The number of hydrogen-bond donors (Lipinski definition) is 0. The lowest BCUT2D eigenvalue weighted by Gasteiger charge is -2.13. The van der Waals surface area contributed by atoms with Gasteiger partial charge >= 0.3 is 0 Å². The third kappa shape index (κ3) is 2.53. The van der Waals surface area contributed by atoms with E-state index in [4.69, 9.17) is 0 Å². The Morgan fingerprint density at radius 1 is 1.35 bits per heavy atom. The molecule has 0 radical (unpaired) electrons. The third-order valence-electron chi connectivity index (χ3n) is 3.16. The Balaban J connectivity index is 2.80. The van der Waals surface area contributed by atoms with E-state index in [1.54, 1.807) is 17.8 Å². The van der Waals surface area contributed by atoms with Gasteiger partial charge in [-0.1, -0.05) is 13.8 Å². The quantitative estimate of drug-likeness (QED) is 0.633. The molecule has 0 saturated carbocycles. The Morgan fingerprint density at radius 2 is 2.05 bits per heavy atom. The number of halogens is 1. The fourth-order valence-electron chi connectivity index (χ4n) is 2.29. The van der Waals surface area contributed by atoms with Crippen molar-refractivity contribution in [2.24, 2.45) is 12.0 Å². The van der Waals surface area contributed by atoms with Crippen molar-refractivity contribution < 1.29 is 9.18 Å². The molecule has 104 valence electrons. The van der Waals surface area contributed by atoms with E-state index in [0.29, 0.717) is 16.8 Å². The van der Waals surface area contributed by atoms with Crippen molar-refractivity contribution in [1.82, 2.24) is 9.78 Å². The summed E-state index contributed by atoms with van der Waals surface area (Å²) in [6.45, 7) is 5.71. The molecule has 0 aliphatic heterocycles. The summed E-state index contributed by atoms with van der Waals surface area (Å²) in [5.41, 5.74) is 3.23. The van der Waals surface area contributed by atoms with Gasteiger partial charge in [0.2, 0.25) is 6.08 Å². The van der Waals surface area contributed by atoms with Crippen LogP contribution >= 0.6 is 0 Å². The largest absolute Gasteiger partial charge is 0.268 e. The summed E-state index contributed by atoms with van der Waals surface area (Å²) in [6, 6.07) is 4.62. The monoisotopic (exact) mass is 273 g/mol. The number of aryl methyl sites for hydroxylation is 2. The van der Waals surface area contributed by atoms with Gasteiger partial charge in [-0.15, -0.1) is 0 Å². The average molecular weight is 273 g/mol. The lowest BCUT2D eigenvalue weighted by atomic mass is 9.96. The van der Waals surface area contributed by atoms with Gasteiger partial charge in [0.1, 0.15) is 5.82 Å². The first-order chi connectivity index (χ1) is 9.43. The predicted octanol–water partition coefficient (Wildman–Crippen LogP) is 3.63. The van der Waals surface area contributed by atoms with E-state index in [1.807, 2.05) is 26.8 Å². The Morgan fingerprint density at radius 3 is 2.55 bits per heavy atom. The van der Waals surface area contributed by atoms with Crippen LogP contribution in [0.5, 0.6) is 0 Å². The second kappa shape index (κ2) is 5.39. The number of aromatic nitrogens is 2. The summed E-state index contributed by atoms with van der Waals surface area (Å²) in [6.07, 6.45) is 1.56. The van der Waals surface area contributed by atoms with Gasteiger partial charge in [-0.05, 0) is 36.6 Å². The first kappa shape index (κ1) is 14.2. The van der Waals surface area contributed by atoms with Gasteiger partial charge in [-0.2, -0.15) is 10.1 Å². The minimum Gasteiger partial charge on any atom is -0.268 e. The summed E-state index contributed by atoms with van der Waals surface area (Å²) >= 11 is 0. The highest BCUT2D eigenvalue weighted by Gasteiger charge is 2.17. The highest BCUT2D eigenvalue weighted by molar-refractivity contribution is 5.78. The lowest BCUT2D eigenvalue weighted by molar-refractivity contribution is 0.565. The number of aliphatic imine (C=N–C) groups is 1. The third-order valence-corrected chi connectivity index (χ3v) is 3.16. The van der Waals surface area contributed by atoms with Crippen LogP contribution in [-0.4, -0.2) is 15.9 Å². The second-order valence-electron chi connectivity index (χ2n) is 5.04. The van der Waals surface area contributed by atoms with Crippen LogP contribution in [0.4, 0.5) is 10.1 Å². The fourth-order valence-corrected chi connectivity index (χ4v) is 2.29. The van der Waals surface area contributed by atoms with Gasteiger partial charge in [0.05, 0.1) is 17.1 Å². The van der Waals surface area contributed by atoms with E-state index in [0.717, 1.165) is 11.4 Å². The van der Waals surface area contributed by atoms with Crippen LogP contribution in [0.25, 0.3) is 11.3 Å². The maximum absolute atomic E-state index is 13.9. The minimum absolute atomic E-state index is 0.0471. The Kier molecular flexibility index (Phi) is 3.81. The molecule has 0 aliphatic carbocycles. The smallest absolute Gasteiger partial charge is 0.240 e. The number of hydrogen-bond acceptors (Lipinski definition) is 3. The molecule has 1 aromatic heterocycles. The summed E-state index contributed by atoms with van der Waals surface area (Å²) < 4.78 is 15.5. The standard InChI is InChI=1S/C15H16FN3O/c1-9(2)12-6-11(16)7-13(15(12)17-8-20)14-5-10(3)18-19(14)4/h5-7,9H,1-4H3. The maximum Gasteiger partial charge on any atom is 0.240 e. The van der Waals surface area contributed by atoms with E-state index in [2.05, 4.69) is 10.1 Å². The molecule has 2 aromatic rings. The van der Waals surface area contributed by atoms with Crippen LogP contribution in [0.2, 0.25) is 0 Å². The molecular weight excluding hydrogens is 257 g/mol. The summed E-state index contributed by atoms with van der Waals surface area (Å²) in [7, 11) is 1.77. The van der Waals surface area contributed by atoms with Crippen LogP contribution in [0.1, 0.15) is 31.0 Å². The average Bonchev–Trinajstić information content (AvgIpc) is 2.70. The van der Waals surface area contributed by atoms with Crippen molar-refractivity contribution >= 4 is 11.8 Å². The van der Waals surface area contributed by atoms with Crippen molar-refractivity contribution in [2.75, 3.05) is 0 Å². The molecule has 20 heavy (non-hydrogen) atoms. The van der Waals surface area contributed by atoms with E-state index in [9.17, 15) is 9.18 Å². The molecule has 0 saturated heterocycles. The van der Waals surface area contributed by atoms with Crippen LogP contribution < -0.4 is 0 Å². The van der Waals surface area contributed by atoms with E-state index >= 15 is 0 Å². The van der Waals surface area contributed by atoms with Gasteiger partial charge < -0.3 is 0 Å². The molecule has 1 heterocycles. The van der Waals surface area contributed by atoms with Gasteiger partial charge in [0, 0.05) is 12.6 Å².